The Kier molecular flexibility index (Phi) is 4.92. The van der Waals surface area contributed by atoms with Gasteiger partial charge in [0.05, 0.1) is 0 Å². The minimum absolute atomic E-state index is 1.08. The van der Waals surface area contributed by atoms with Crippen molar-refractivity contribution in [3.05, 3.63) is 120 Å². The minimum Gasteiger partial charge on any atom is -0.264 e. The average Bonchev–Trinajstić information content (AvgIpc) is 2.93. The Bertz CT molecular complexity index is 1830. The molecule has 6 aromatic rings. The fourth-order valence-electron chi connectivity index (χ4n) is 5.40. The molecular weight excluding hydrogens is 442 g/mol. The molecule has 0 fully saturated rings. The molecule has 35 heavy (non-hydrogen) atoms. The summed E-state index contributed by atoms with van der Waals surface area (Å²) in [5.41, 5.74) is 2.50. The van der Waals surface area contributed by atoms with Crippen LogP contribution >= 0.6 is 11.8 Å². The topological polar surface area (TPSA) is 12.9 Å². The van der Waals surface area contributed by atoms with Crippen molar-refractivity contribution in [2.45, 2.75) is 17.7 Å². The van der Waals surface area contributed by atoms with E-state index in [1.54, 1.807) is 0 Å². The highest BCUT2D eigenvalue weighted by atomic mass is 32.2. The molecule has 0 amide bonds. The summed E-state index contributed by atoms with van der Waals surface area (Å²) in [6.07, 6.45) is 8.51. The quantitative estimate of drug-likeness (QED) is 0.249. The molecule has 0 bridgehead atoms. The van der Waals surface area contributed by atoms with Gasteiger partial charge in [-0.2, -0.15) is 0 Å². The van der Waals surface area contributed by atoms with E-state index in [-0.39, 0.29) is 0 Å². The molecule has 0 aliphatic heterocycles. The van der Waals surface area contributed by atoms with Crippen LogP contribution in [0.2, 0.25) is 0 Å². The van der Waals surface area contributed by atoms with Crippen molar-refractivity contribution in [1.82, 2.24) is 4.98 Å². The van der Waals surface area contributed by atoms with Gasteiger partial charge in [0.2, 0.25) is 0 Å². The van der Waals surface area contributed by atoms with Crippen LogP contribution in [0.25, 0.3) is 54.4 Å². The Labute approximate surface area is 208 Å². The zero-order valence-corrected chi connectivity index (χ0v) is 20.1. The van der Waals surface area contributed by atoms with Crippen LogP contribution in [-0.4, -0.2) is 4.98 Å². The van der Waals surface area contributed by atoms with Crippen molar-refractivity contribution in [3.8, 4) is 11.1 Å². The number of hydrogen-bond donors (Lipinski definition) is 0. The van der Waals surface area contributed by atoms with Crippen LogP contribution in [0.3, 0.4) is 0 Å². The van der Waals surface area contributed by atoms with Crippen molar-refractivity contribution >= 4 is 55.1 Å². The van der Waals surface area contributed by atoms with E-state index in [0.717, 1.165) is 12.8 Å². The Morgan fingerprint density at radius 1 is 0.657 bits per heavy atom. The van der Waals surface area contributed by atoms with E-state index in [1.807, 2.05) is 24.2 Å². The van der Waals surface area contributed by atoms with Gasteiger partial charge in [-0.05, 0) is 78.4 Å². The standard InChI is InChI=1S/C33H23NS/c1-2-10-24-20-25(17-16-22(24)8-1)32-27-13-5-6-14-28(27)33(29-18-19-34-21-30(29)32)35-31-15-7-11-23-9-3-4-12-26(23)31/h1-6,8-14,16-21H,7,15H2. The van der Waals surface area contributed by atoms with E-state index in [0.29, 0.717) is 0 Å². The van der Waals surface area contributed by atoms with Gasteiger partial charge in [-0.25, -0.2) is 0 Å². The average molecular weight is 466 g/mol. The fraction of sp³-hybridized carbons (Fsp3) is 0.0606. The first kappa shape index (κ1) is 20.5. The van der Waals surface area contributed by atoms with E-state index >= 15 is 0 Å². The third-order valence-corrected chi connectivity index (χ3v) is 8.35. The summed E-state index contributed by atoms with van der Waals surface area (Å²) in [7, 11) is 0. The summed E-state index contributed by atoms with van der Waals surface area (Å²) in [5.74, 6) is 0. The highest BCUT2D eigenvalue weighted by Crippen LogP contribution is 2.46. The van der Waals surface area contributed by atoms with Crippen molar-refractivity contribution in [1.29, 1.82) is 0 Å². The Morgan fingerprint density at radius 2 is 1.43 bits per heavy atom. The number of benzene rings is 5. The van der Waals surface area contributed by atoms with Crippen LogP contribution in [0.4, 0.5) is 0 Å². The second-order valence-electron chi connectivity index (χ2n) is 9.09. The molecule has 2 heteroatoms. The van der Waals surface area contributed by atoms with Gasteiger partial charge in [-0.15, -0.1) is 0 Å². The molecule has 0 atom stereocenters. The SMILES string of the molecule is C1=c2ccccc2=C(Sc2c3ccccc3c(-c3ccc4ccccc4c3)c3cnccc23)CC1. The first-order valence-corrected chi connectivity index (χ1v) is 12.9. The third-order valence-electron chi connectivity index (χ3n) is 7.04. The third kappa shape index (κ3) is 3.45. The van der Waals surface area contributed by atoms with Crippen molar-refractivity contribution in [2.24, 2.45) is 0 Å². The molecule has 0 N–H and O–H groups in total. The van der Waals surface area contributed by atoms with Gasteiger partial charge in [-0.3, -0.25) is 4.98 Å². The van der Waals surface area contributed by atoms with E-state index < -0.39 is 0 Å². The van der Waals surface area contributed by atoms with Crippen LogP contribution in [-0.2, 0) is 0 Å². The number of thioether (sulfide) groups is 1. The predicted molar refractivity (Wildman–Crippen MR) is 151 cm³/mol. The molecule has 1 aliphatic rings. The molecule has 0 radical (unpaired) electrons. The molecule has 1 heterocycles. The molecule has 1 nitrogen and oxygen atoms in total. The molecule has 0 saturated heterocycles. The maximum Gasteiger partial charge on any atom is 0.0353 e. The zero-order valence-electron chi connectivity index (χ0n) is 19.2. The zero-order chi connectivity index (χ0) is 23.2. The van der Waals surface area contributed by atoms with E-state index in [1.165, 1.54) is 63.7 Å². The Morgan fingerprint density at radius 3 is 2.37 bits per heavy atom. The van der Waals surface area contributed by atoms with Crippen LogP contribution < -0.4 is 10.4 Å². The lowest BCUT2D eigenvalue weighted by Crippen LogP contribution is -2.28. The first-order chi connectivity index (χ1) is 17.4. The highest BCUT2D eigenvalue weighted by molar-refractivity contribution is 8.08. The van der Waals surface area contributed by atoms with Crippen molar-refractivity contribution in [3.63, 3.8) is 0 Å². The van der Waals surface area contributed by atoms with Crippen LogP contribution in [0.1, 0.15) is 12.8 Å². The number of aromatic nitrogens is 1. The molecule has 166 valence electrons. The van der Waals surface area contributed by atoms with Gasteiger partial charge >= 0.3 is 0 Å². The van der Waals surface area contributed by atoms with Crippen LogP contribution in [0.15, 0.2) is 114 Å². The summed E-state index contributed by atoms with van der Waals surface area (Å²) < 4.78 is 0. The molecule has 5 aromatic carbocycles. The highest BCUT2D eigenvalue weighted by Gasteiger charge is 2.18. The summed E-state index contributed by atoms with van der Waals surface area (Å²) in [6, 6.07) is 35.2. The smallest absolute Gasteiger partial charge is 0.0353 e. The minimum atomic E-state index is 1.08. The van der Waals surface area contributed by atoms with Crippen molar-refractivity contribution < 1.29 is 0 Å². The lowest BCUT2D eigenvalue weighted by atomic mass is 9.92. The molecule has 0 unspecified atom stereocenters. The number of rotatable bonds is 3. The van der Waals surface area contributed by atoms with E-state index in [9.17, 15) is 0 Å². The summed E-state index contributed by atoms with van der Waals surface area (Å²) >= 11 is 1.94. The van der Waals surface area contributed by atoms with Gasteiger partial charge in [0.25, 0.3) is 0 Å². The number of nitrogens with zero attached hydrogens (tertiary/aromatic N) is 1. The number of fused-ring (bicyclic) bond motifs is 4. The van der Waals surface area contributed by atoms with Gasteiger partial charge < -0.3 is 0 Å². The summed E-state index contributed by atoms with van der Waals surface area (Å²) in [4.78, 5) is 7.35. The molecule has 0 saturated carbocycles. The molecule has 0 spiro atoms. The van der Waals surface area contributed by atoms with Gasteiger partial charge in [-0.1, -0.05) is 103 Å². The van der Waals surface area contributed by atoms with Crippen LogP contribution in [0.5, 0.6) is 0 Å². The number of pyridine rings is 1. The Hall–Kier alpha value is -3.88. The maximum absolute atomic E-state index is 4.57. The van der Waals surface area contributed by atoms with Crippen molar-refractivity contribution in [2.75, 3.05) is 0 Å². The normalized spacial score (nSPS) is 13.2. The first-order valence-electron chi connectivity index (χ1n) is 12.1. The van der Waals surface area contributed by atoms with Gasteiger partial charge in [0, 0.05) is 22.7 Å². The summed E-state index contributed by atoms with van der Waals surface area (Å²) in [6.45, 7) is 0. The maximum atomic E-state index is 4.57. The predicted octanol–water partition coefficient (Wildman–Crippen LogP) is 7.68. The van der Waals surface area contributed by atoms with Gasteiger partial charge in [0.1, 0.15) is 0 Å². The Balaban J connectivity index is 1.54. The molecule has 7 rings (SSSR count). The number of hydrogen-bond acceptors (Lipinski definition) is 2. The van der Waals surface area contributed by atoms with E-state index in [2.05, 4.69) is 108 Å². The largest absolute Gasteiger partial charge is 0.264 e. The lowest BCUT2D eigenvalue weighted by Gasteiger charge is -2.18. The van der Waals surface area contributed by atoms with Gasteiger partial charge in [0.15, 0.2) is 0 Å². The summed E-state index contributed by atoms with van der Waals surface area (Å²) in [5, 5.41) is 10.3. The molecular formula is C33H23NS. The molecule has 1 aliphatic carbocycles. The molecule has 1 aromatic heterocycles. The van der Waals surface area contributed by atoms with Crippen LogP contribution in [0, 0.1) is 0 Å². The monoisotopic (exact) mass is 465 g/mol. The lowest BCUT2D eigenvalue weighted by molar-refractivity contribution is 1.11. The fourth-order valence-corrected chi connectivity index (χ4v) is 6.74. The van der Waals surface area contributed by atoms with E-state index in [4.69, 9.17) is 0 Å². The second kappa shape index (κ2) is 8.41. The second-order valence-corrected chi connectivity index (χ2v) is 10.2.